The SMILES string of the molecule is COc1ccc(SCC(=O)NCCOc2ccc(C(C)(C)C)cc2)cc1. The zero-order chi connectivity index (χ0) is 19.0. The molecule has 4 nitrogen and oxygen atoms in total. The van der Waals surface area contributed by atoms with Gasteiger partial charge in [0.1, 0.15) is 18.1 Å². The Kier molecular flexibility index (Phi) is 7.39. The molecule has 2 aromatic carbocycles. The summed E-state index contributed by atoms with van der Waals surface area (Å²) in [5.74, 6) is 2.01. The molecule has 0 heterocycles. The highest BCUT2D eigenvalue weighted by Crippen LogP contribution is 2.24. The lowest BCUT2D eigenvalue weighted by atomic mass is 9.87. The van der Waals surface area contributed by atoms with Crippen molar-refractivity contribution in [3.05, 3.63) is 54.1 Å². The quantitative estimate of drug-likeness (QED) is 0.554. The lowest BCUT2D eigenvalue weighted by Gasteiger charge is -2.19. The van der Waals surface area contributed by atoms with Crippen LogP contribution in [0.1, 0.15) is 26.3 Å². The summed E-state index contributed by atoms with van der Waals surface area (Å²) in [6.07, 6.45) is 0. The van der Waals surface area contributed by atoms with E-state index in [2.05, 4.69) is 38.2 Å². The van der Waals surface area contributed by atoms with E-state index in [0.29, 0.717) is 18.9 Å². The molecule has 0 unspecified atom stereocenters. The van der Waals surface area contributed by atoms with Crippen molar-refractivity contribution in [2.75, 3.05) is 26.0 Å². The predicted molar refractivity (Wildman–Crippen MR) is 107 cm³/mol. The van der Waals surface area contributed by atoms with Crippen molar-refractivity contribution in [1.82, 2.24) is 5.32 Å². The van der Waals surface area contributed by atoms with Crippen molar-refractivity contribution in [2.24, 2.45) is 0 Å². The Morgan fingerprint density at radius 1 is 1.00 bits per heavy atom. The molecule has 0 atom stereocenters. The van der Waals surface area contributed by atoms with Crippen LogP contribution in [0, 0.1) is 0 Å². The summed E-state index contributed by atoms with van der Waals surface area (Å²) < 4.78 is 10.8. The summed E-state index contributed by atoms with van der Waals surface area (Å²) in [6, 6.07) is 15.8. The van der Waals surface area contributed by atoms with Crippen molar-refractivity contribution >= 4 is 17.7 Å². The minimum absolute atomic E-state index is 0.00232. The summed E-state index contributed by atoms with van der Waals surface area (Å²) in [5.41, 5.74) is 1.40. The first kappa shape index (κ1) is 20.2. The van der Waals surface area contributed by atoms with Crippen molar-refractivity contribution in [3.8, 4) is 11.5 Å². The van der Waals surface area contributed by atoms with Gasteiger partial charge in [-0.2, -0.15) is 0 Å². The van der Waals surface area contributed by atoms with Crippen molar-refractivity contribution in [1.29, 1.82) is 0 Å². The van der Waals surface area contributed by atoms with Crippen LogP contribution in [0.5, 0.6) is 11.5 Å². The minimum atomic E-state index is -0.00232. The molecule has 0 bridgehead atoms. The molecule has 140 valence electrons. The number of benzene rings is 2. The molecular weight excluding hydrogens is 346 g/mol. The number of hydrogen-bond acceptors (Lipinski definition) is 4. The second-order valence-electron chi connectivity index (χ2n) is 6.94. The average Bonchev–Trinajstić information content (AvgIpc) is 2.63. The van der Waals surface area contributed by atoms with E-state index in [0.717, 1.165) is 16.4 Å². The first-order valence-corrected chi connectivity index (χ1v) is 9.64. The van der Waals surface area contributed by atoms with E-state index >= 15 is 0 Å². The van der Waals surface area contributed by atoms with Gasteiger partial charge in [-0.3, -0.25) is 4.79 Å². The molecule has 0 aliphatic heterocycles. The molecule has 5 heteroatoms. The maximum absolute atomic E-state index is 11.9. The molecule has 0 aromatic heterocycles. The molecular formula is C21H27NO3S. The first-order chi connectivity index (χ1) is 12.4. The molecule has 0 saturated heterocycles. The summed E-state index contributed by atoms with van der Waals surface area (Å²) in [5, 5.41) is 2.87. The average molecular weight is 374 g/mol. The van der Waals surface area contributed by atoms with Crippen LogP contribution in [-0.4, -0.2) is 31.9 Å². The molecule has 0 aliphatic carbocycles. The molecule has 2 aromatic rings. The topological polar surface area (TPSA) is 47.6 Å². The monoisotopic (exact) mass is 373 g/mol. The van der Waals surface area contributed by atoms with E-state index in [4.69, 9.17) is 9.47 Å². The number of methoxy groups -OCH3 is 1. The lowest BCUT2D eigenvalue weighted by Crippen LogP contribution is -2.29. The van der Waals surface area contributed by atoms with Crippen molar-refractivity contribution in [3.63, 3.8) is 0 Å². The van der Waals surface area contributed by atoms with E-state index in [9.17, 15) is 4.79 Å². The normalized spacial score (nSPS) is 11.1. The van der Waals surface area contributed by atoms with Gasteiger partial charge < -0.3 is 14.8 Å². The zero-order valence-corrected chi connectivity index (χ0v) is 16.7. The number of thioether (sulfide) groups is 1. The number of carbonyl (C=O) groups excluding carboxylic acids is 1. The Labute approximate surface area is 160 Å². The highest BCUT2D eigenvalue weighted by atomic mass is 32.2. The number of rotatable bonds is 8. The lowest BCUT2D eigenvalue weighted by molar-refractivity contribution is -0.118. The summed E-state index contributed by atoms with van der Waals surface area (Å²) in [6.45, 7) is 7.49. The van der Waals surface area contributed by atoms with Gasteiger partial charge in [0.05, 0.1) is 19.4 Å². The number of carbonyl (C=O) groups is 1. The molecule has 1 N–H and O–H groups in total. The van der Waals surface area contributed by atoms with Crippen molar-refractivity contribution < 1.29 is 14.3 Å². The Morgan fingerprint density at radius 2 is 1.62 bits per heavy atom. The van der Waals surface area contributed by atoms with Gasteiger partial charge in [-0.05, 0) is 47.4 Å². The van der Waals surface area contributed by atoms with Crippen molar-refractivity contribution in [2.45, 2.75) is 31.1 Å². The fraction of sp³-hybridized carbons (Fsp3) is 0.381. The summed E-state index contributed by atoms with van der Waals surface area (Å²) in [7, 11) is 1.64. The van der Waals surface area contributed by atoms with Gasteiger partial charge in [-0.25, -0.2) is 0 Å². The maximum atomic E-state index is 11.9. The van der Waals surface area contributed by atoms with Crippen LogP contribution in [0.2, 0.25) is 0 Å². The van der Waals surface area contributed by atoms with Gasteiger partial charge in [-0.15, -0.1) is 11.8 Å². The summed E-state index contributed by atoms with van der Waals surface area (Å²) in [4.78, 5) is 12.9. The van der Waals surface area contributed by atoms with Gasteiger partial charge in [0.15, 0.2) is 0 Å². The standard InChI is InChI=1S/C21H27NO3S/c1-21(2,3)16-5-7-18(8-6-16)25-14-13-22-20(23)15-26-19-11-9-17(24-4)10-12-19/h5-12H,13-15H2,1-4H3,(H,22,23). The van der Waals surface area contributed by atoms with Crippen LogP contribution in [0.4, 0.5) is 0 Å². The van der Waals surface area contributed by atoms with Gasteiger partial charge >= 0.3 is 0 Å². The number of ether oxygens (including phenoxy) is 2. The van der Waals surface area contributed by atoms with E-state index in [1.807, 2.05) is 36.4 Å². The van der Waals surface area contributed by atoms with Crippen LogP contribution in [0.3, 0.4) is 0 Å². The zero-order valence-electron chi connectivity index (χ0n) is 15.9. The second kappa shape index (κ2) is 9.53. The molecule has 0 aliphatic rings. The minimum Gasteiger partial charge on any atom is -0.497 e. The van der Waals surface area contributed by atoms with E-state index in [-0.39, 0.29) is 11.3 Å². The summed E-state index contributed by atoms with van der Waals surface area (Å²) >= 11 is 1.50. The van der Waals surface area contributed by atoms with Gasteiger partial charge in [0.25, 0.3) is 0 Å². The highest BCUT2D eigenvalue weighted by Gasteiger charge is 2.12. The van der Waals surface area contributed by atoms with E-state index in [1.165, 1.54) is 17.3 Å². The Morgan fingerprint density at radius 3 is 2.19 bits per heavy atom. The molecule has 0 radical (unpaired) electrons. The van der Waals surface area contributed by atoms with E-state index in [1.54, 1.807) is 7.11 Å². The van der Waals surface area contributed by atoms with Crippen LogP contribution in [-0.2, 0) is 10.2 Å². The highest BCUT2D eigenvalue weighted by molar-refractivity contribution is 8.00. The Bertz CT molecular complexity index is 691. The van der Waals surface area contributed by atoms with Crippen LogP contribution < -0.4 is 14.8 Å². The fourth-order valence-electron chi connectivity index (χ4n) is 2.28. The third kappa shape index (κ3) is 6.64. The van der Waals surface area contributed by atoms with Gasteiger partial charge in [-0.1, -0.05) is 32.9 Å². The smallest absolute Gasteiger partial charge is 0.230 e. The molecule has 2 rings (SSSR count). The Hall–Kier alpha value is -2.14. The molecule has 0 saturated carbocycles. The molecule has 1 amide bonds. The van der Waals surface area contributed by atoms with Gasteiger partial charge in [0.2, 0.25) is 5.91 Å². The van der Waals surface area contributed by atoms with Crippen LogP contribution in [0.15, 0.2) is 53.4 Å². The van der Waals surface area contributed by atoms with Crippen LogP contribution in [0.25, 0.3) is 0 Å². The molecule has 0 spiro atoms. The van der Waals surface area contributed by atoms with E-state index < -0.39 is 0 Å². The predicted octanol–water partition coefficient (Wildman–Crippen LogP) is 4.28. The third-order valence-electron chi connectivity index (χ3n) is 3.84. The molecule has 0 fully saturated rings. The Balaban J connectivity index is 1.65. The number of nitrogens with one attached hydrogen (secondary N) is 1. The third-order valence-corrected chi connectivity index (χ3v) is 4.85. The van der Waals surface area contributed by atoms with Gasteiger partial charge in [0, 0.05) is 4.90 Å². The first-order valence-electron chi connectivity index (χ1n) is 8.65. The molecule has 26 heavy (non-hydrogen) atoms. The number of hydrogen-bond donors (Lipinski definition) is 1. The maximum Gasteiger partial charge on any atom is 0.230 e. The number of amides is 1. The van der Waals surface area contributed by atoms with Crippen LogP contribution >= 0.6 is 11.8 Å². The fourth-order valence-corrected chi connectivity index (χ4v) is 3.01. The second-order valence-corrected chi connectivity index (χ2v) is 7.99. The largest absolute Gasteiger partial charge is 0.497 e.